The number of carbonyl (C=O) groups excluding carboxylic acids is 1. The third-order valence-corrected chi connectivity index (χ3v) is 6.37. The predicted octanol–water partition coefficient (Wildman–Crippen LogP) is 0.832. The van der Waals surface area contributed by atoms with Gasteiger partial charge in [0.05, 0.1) is 18.6 Å². The van der Waals surface area contributed by atoms with Gasteiger partial charge in [-0.2, -0.15) is 0 Å². The Labute approximate surface area is 149 Å². The summed E-state index contributed by atoms with van der Waals surface area (Å²) in [4.78, 5) is 18.4. The van der Waals surface area contributed by atoms with Crippen molar-refractivity contribution in [1.82, 2.24) is 15.2 Å². The number of aromatic nitrogens is 1. The first-order valence-electron chi connectivity index (χ1n) is 8.40. The molecule has 1 fully saturated rings. The number of nitrogens with zero attached hydrogens (tertiary/aromatic N) is 2. The normalized spacial score (nSPS) is 19.2. The average molecular weight is 369 g/mol. The highest BCUT2D eigenvalue weighted by molar-refractivity contribution is 7.91. The molecule has 1 aliphatic heterocycles. The van der Waals surface area contributed by atoms with Crippen LogP contribution in [0.4, 0.5) is 0 Å². The molecular formula is C17H27N3O4S. The summed E-state index contributed by atoms with van der Waals surface area (Å²) in [6.45, 7) is 4.76. The van der Waals surface area contributed by atoms with Crippen molar-refractivity contribution in [3.8, 4) is 5.88 Å². The largest absolute Gasteiger partial charge is 0.481 e. The molecule has 2 rings (SSSR count). The second-order valence-corrected chi connectivity index (χ2v) is 8.86. The fraction of sp³-hybridized carbons (Fsp3) is 0.647. The van der Waals surface area contributed by atoms with Crippen LogP contribution in [0.1, 0.15) is 29.7 Å². The van der Waals surface area contributed by atoms with E-state index in [0.29, 0.717) is 31.8 Å². The molecule has 0 radical (unpaired) electrons. The first-order valence-corrected chi connectivity index (χ1v) is 10.2. The Morgan fingerprint density at radius 3 is 2.76 bits per heavy atom. The van der Waals surface area contributed by atoms with Gasteiger partial charge >= 0.3 is 0 Å². The zero-order chi connectivity index (χ0) is 18.6. The number of sulfone groups is 1. The van der Waals surface area contributed by atoms with Crippen molar-refractivity contribution in [3.63, 3.8) is 0 Å². The standard InChI is InChI=1S/C17H27N3O4S/c1-12-9-13(2)19-17(24-4)15(12)10-18-16(21)5-7-20(3)14-6-8-25(22,23)11-14/h9,14H,5-8,10-11H2,1-4H3,(H,18,21)/t14-/m0/s1. The van der Waals surface area contributed by atoms with Crippen LogP contribution in [0.25, 0.3) is 0 Å². The lowest BCUT2D eigenvalue weighted by atomic mass is 10.1. The van der Waals surface area contributed by atoms with Crippen LogP contribution >= 0.6 is 0 Å². The molecule has 1 saturated heterocycles. The van der Waals surface area contributed by atoms with Crippen molar-refractivity contribution in [2.45, 2.75) is 39.3 Å². The van der Waals surface area contributed by atoms with Gasteiger partial charge in [-0.1, -0.05) is 0 Å². The fourth-order valence-corrected chi connectivity index (χ4v) is 4.88. The molecule has 1 aromatic rings. The number of hydrogen-bond donors (Lipinski definition) is 1. The van der Waals surface area contributed by atoms with Crippen molar-refractivity contribution in [1.29, 1.82) is 0 Å². The zero-order valence-electron chi connectivity index (χ0n) is 15.3. The number of amides is 1. The van der Waals surface area contributed by atoms with Gasteiger partial charge in [-0.25, -0.2) is 13.4 Å². The lowest BCUT2D eigenvalue weighted by Gasteiger charge is -2.22. The van der Waals surface area contributed by atoms with E-state index in [1.54, 1.807) is 7.11 Å². The maximum absolute atomic E-state index is 12.1. The summed E-state index contributed by atoms with van der Waals surface area (Å²) in [5.74, 6) is 0.894. The minimum absolute atomic E-state index is 0.0152. The van der Waals surface area contributed by atoms with E-state index in [2.05, 4.69) is 10.3 Å². The maximum Gasteiger partial charge on any atom is 0.221 e. The predicted molar refractivity (Wildman–Crippen MR) is 96.4 cm³/mol. The van der Waals surface area contributed by atoms with E-state index in [4.69, 9.17) is 4.74 Å². The van der Waals surface area contributed by atoms with Crippen molar-refractivity contribution >= 4 is 15.7 Å². The van der Waals surface area contributed by atoms with E-state index in [0.717, 1.165) is 16.8 Å². The Hall–Kier alpha value is -1.67. The summed E-state index contributed by atoms with van der Waals surface area (Å²) in [6.07, 6.45) is 0.972. The number of nitrogens with one attached hydrogen (secondary N) is 1. The molecule has 1 aromatic heterocycles. The Balaban J connectivity index is 1.83. The highest BCUT2D eigenvalue weighted by atomic mass is 32.2. The van der Waals surface area contributed by atoms with E-state index in [1.165, 1.54) is 0 Å². The molecular weight excluding hydrogens is 342 g/mol. The van der Waals surface area contributed by atoms with Crippen LogP contribution < -0.4 is 10.1 Å². The van der Waals surface area contributed by atoms with Gasteiger partial charge in [0.25, 0.3) is 0 Å². The van der Waals surface area contributed by atoms with Crippen LogP contribution in [0, 0.1) is 13.8 Å². The second kappa shape index (κ2) is 8.14. The van der Waals surface area contributed by atoms with Gasteiger partial charge in [-0.15, -0.1) is 0 Å². The number of hydrogen-bond acceptors (Lipinski definition) is 6. The minimum Gasteiger partial charge on any atom is -0.481 e. The summed E-state index contributed by atoms with van der Waals surface area (Å²) >= 11 is 0. The van der Waals surface area contributed by atoms with Crippen LogP contribution in [0.15, 0.2) is 6.07 Å². The number of methoxy groups -OCH3 is 1. The number of carbonyl (C=O) groups is 1. The summed E-state index contributed by atoms with van der Waals surface area (Å²) < 4.78 is 28.4. The summed E-state index contributed by atoms with van der Waals surface area (Å²) in [5.41, 5.74) is 2.77. The van der Waals surface area contributed by atoms with Crippen molar-refractivity contribution in [2.24, 2.45) is 0 Å². The molecule has 7 nitrogen and oxygen atoms in total. The zero-order valence-corrected chi connectivity index (χ0v) is 16.1. The Bertz CT molecular complexity index is 734. The fourth-order valence-electron chi connectivity index (χ4n) is 3.07. The first-order chi connectivity index (χ1) is 11.7. The molecule has 25 heavy (non-hydrogen) atoms. The lowest BCUT2D eigenvalue weighted by Crippen LogP contribution is -2.36. The quantitative estimate of drug-likeness (QED) is 0.766. The summed E-state index contributed by atoms with van der Waals surface area (Å²) in [6, 6.07) is 1.97. The van der Waals surface area contributed by atoms with Crippen LogP contribution in [-0.4, -0.2) is 62.5 Å². The average Bonchev–Trinajstić information content (AvgIpc) is 2.91. The molecule has 1 atom stereocenters. The summed E-state index contributed by atoms with van der Waals surface area (Å²) in [7, 11) is 0.533. The van der Waals surface area contributed by atoms with Crippen LogP contribution in [-0.2, 0) is 21.2 Å². The van der Waals surface area contributed by atoms with Gasteiger partial charge in [-0.05, 0) is 38.9 Å². The molecule has 140 valence electrons. The minimum atomic E-state index is -2.90. The number of pyridine rings is 1. The Kier molecular flexibility index (Phi) is 6.40. The van der Waals surface area contributed by atoms with E-state index >= 15 is 0 Å². The van der Waals surface area contributed by atoms with Crippen LogP contribution in [0.5, 0.6) is 5.88 Å². The molecule has 2 heterocycles. The van der Waals surface area contributed by atoms with E-state index in [1.807, 2.05) is 31.9 Å². The van der Waals surface area contributed by atoms with Gasteiger partial charge < -0.3 is 15.0 Å². The van der Waals surface area contributed by atoms with E-state index in [9.17, 15) is 13.2 Å². The van der Waals surface area contributed by atoms with Gasteiger partial charge in [0, 0.05) is 36.8 Å². The van der Waals surface area contributed by atoms with Crippen molar-refractivity contribution in [3.05, 3.63) is 22.9 Å². The highest BCUT2D eigenvalue weighted by Gasteiger charge is 2.30. The molecule has 1 amide bonds. The van der Waals surface area contributed by atoms with Crippen LogP contribution in [0.2, 0.25) is 0 Å². The Morgan fingerprint density at radius 1 is 1.44 bits per heavy atom. The third-order valence-electron chi connectivity index (χ3n) is 4.62. The number of aryl methyl sites for hydroxylation is 2. The molecule has 1 N–H and O–H groups in total. The smallest absolute Gasteiger partial charge is 0.221 e. The van der Waals surface area contributed by atoms with E-state index in [-0.39, 0.29) is 23.5 Å². The number of rotatable bonds is 7. The molecule has 0 aromatic carbocycles. The van der Waals surface area contributed by atoms with Gasteiger partial charge in [0.1, 0.15) is 0 Å². The number of ether oxygens (including phenoxy) is 1. The van der Waals surface area contributed by atoms with Gasteiger partial charge in [0.2, 0.25) is 11.8 Å². The van der Waals surface area contributed by atoms with Crippen molar-refractivity contribution in [2.75, 3.05) is 32.2 Å². The van der Waals surface area contributed by atoms with E-state index < -0.39 is 9.84 Å². The molecule has 8 heteroatoms. The maximum atomic E-state index is 12.1. The third kappa shape index (κ3) is 5.40. The first kappa shape index (κ1) is 19.7. The molecule has 0 saturated carbocycles. The Morgan fingerprint density at radius 2 is 2.16 bits per heavy atom. The molecule has 0 aliphatic carbocycles. The lowest BCUT2D eigenvalue weighted by molar-refractivity contribution is -0.121. The topological polar surface area (TPSA) is 88.6 Å². The van der Waals surface area contributed by atoms with Gasteiger partial charge in [-0.3, -0.25) is 4.79 Å². The molecule has 0 spiro atoms. The van der Waals surface area contributed by atoms with Gasteiger partial charge in [0.15, 0.2) is 9.84 Å². The molecule has 1 aliphatic rings. The highest BCUT2D eigenvalue weighted by Crippen LogP contribution is 2.20. The SMILES string of the molecule is COc1nc(C)cc(C)c1CNC(=O)CCN(C)[C@H]1CCS(=O)(=O)C1. The van der Waals surface area contributed by atoms with Crippen molar-refractivity contribution < 1.29 is 17.9 Å². The molecule has 0 bridgehead atoms. The molecule has 0 unspecified atom stereocenters. The van der Waals surface area contributed by atoms with Crippen LogP contribution in [0.3, 0.4) is 0 Å². The monoisotopic (exact) mass is 369 g/mol. The summed E-state index contributed by atoms with van der Waals surface area (Å²) in [5, 5.41) is 2.89. The second-order valence-electron chi connectivity index (χ2n) is 6.63.